The van der Waals surface area contributed by atoms with Crippen LogP contribution in [0.3, 0.4) is 0 Å². The van der Waals surface area contributed by atoms with E-state index >= 15 is 0 Å². The molecule has 4 rings (SSSR count). The van der Waals surface area contributed by atoms with Gasteiger partial charge in [0.1, 0.15) is 6.61 Å². The minimum atomic E-state index is -0.771. The second-order valence-corrected chi connectivity index (χ2v) is 9.49. The number of nitrogens with zero attached hydrogens (tertiary/aromatic N) is 2. The molecule has 0 bridgehead atoms. The van der Waals surface area contributed by atoms with Gasteiger partial charge >= 0.3 is 0 Å². The van der Waals surface area contributed by atoms with Gasteiger partial charge in [-0.2, -0.15) is 0 Å². The third-order valence-corrected chi connectivity index (χ3v) is 6.40. The molecule has 0 aromatic heterocycles. The highest BCUT2D eigenvalue weighted by Gasteiger charge is 2.43. The average molecular weight is 527 g/mol. The highest BCUT2D eigenvalue weighted by Crippen LogP contribution is 2.41. The van der Waals surface area contributed by atoms with E-state index in [1.807, 2.05) is 92.6 Å². The monoisotopic (exact) mass is 526 g/mol. The second kappa shape index (κ2) is 12.9. The number of hydrogen-bond acceptors (Lipinski definition) is 6. The second-order valence-electron chi connectivity index (χ2n) is 9.49. The molecule has 0 saturated carbocycles. The van der Waals surface area contributed by atoms with Gasteiger partial charge in [0.2, 0.25) is 0 Å². The van der Waals surface area contributed by atoms with Gasteiger partial charge in [0.15, 0.2) is 23.0 Å². The molecule has 7 nitrogen and oxygen atoms in total. The van der Waals surface area contributed by atoms with Crippen LogP contribution in [-0.4, -0.2) is 60.4 Å². The molecule has 0 radical (unpaired) electrons. The normalized spacial score (nSPS) is 15.4. The van der Waals surface area contributed by atoms with Gasteiger partial charge in [0, 0.05) is 13.1 Å². The number of ketones is 1. The summed E-state index contributed by atoms with van der Waals surface area (Å²) in [4.78, 5) is 30.1. The number of hydrogen-bond donors (Lipinski definition) is 1. The lowest BCUT2D eigenvalue weighted by atomic mass is 9.95. The molecular weight excluding hydrogens is 492 g/mol. The minimum absolute atomic E-state index is 0.0475. The summed E-state index contributed by atoms with van der Waals surface area (Å²) < 4.78 is 12.0. The van der Waals surface area contributed by atoms with Gasteiger partial charge in [0.05, 0.1) is 18.2 Å². The molecule has 39 heavy (non-hydrogen) atoms. The molecule has 3 aromatic carbocycles. The van der Waals surface area contributed by atoms with Gasteiger partial charge in [-0.3, -0.25) is 9.59 Å². The first-order valence-corrected chi connectivity index (χ1v) is 13.0. The third kappa shape index (κ3) is 6.75. The molecule has 0 aliphatic carbocycles. The average Bonchev–Trinajstić information content (AvgIpc) is 3.20. The first-order valence-electron chi connectivity index (χ1n) is 13.0. The zero-order valence-corrected chi connectivity index (χ0v) is 22.5. The van der Waals surface area contributed by atoms with E-state index in [9.17, 15) is 14.7 Å². The summed E-state index contributed by atoms with van der Waals surface area (Å²) in [7, 11) is 3.81. The van der Waals surface area contributed by atoms with Crippen molar-refractivity contribution in [2.24, 2.45) is 0 Å². The molecule has 7 heteroatoms. The van der Waals surface area contributed by atoms with Gasteiger partial charge < -0.3 is 24.4 Å². The van der Waals surface area contributed by atoms with Crippen LogP contribution in [0.5, 0.6) is 11.5 Å². The van der Waals surface area contributed by atoms with Crippen molar-refractivity contribution < 1.29 is 24.2 Å². The molecular formula is C32H34N2O5. The lowest BCUT2D eigenvalue weighted by Gasteiger charge is -2.28. The molecule has 202 valence electrons. The summed E-state index contributed by atoms with van der Waals surface area (Å²) in [5.74, 6) is -0.462. The summed E-state index contributed by atoms with van der Waals surface area (Å²) in [5.41, 5.74) is 2.56. The zero-order valence-electron chi connectivity index (χ0n) is 22.5. The maximum atomic E-state index is 13.4. The molecule has 1 unspecified atom stereocenters. The molecule has 1 aliphatic rings. The van der Waals surface area contributed by atoms with E-state index in [1.165, 1.54) is 11.0 Å². The number of ether oxygens (including phenoxy) is 2. The Labute approximate surface area is 229 Å². The van der Waals surface area contributed by atoms with Crippen molar-refractivity contribution in [3.8, 4) is 11.5 Å². The fourth-order valence-corrected chi connectivity index (χ4v) is 4.43. The zero-order chi connectivity index (χ0) is 27.8. The summed E-state index contributed by atoms with van der Waals surface area (Å²) >= 11 is 0. The maximum Gasteiger partial charge on any atom is 0.290 e. The van der Waals surface area contributed by atoms with Crippen molar-refractivity contribution in [2.45, 2.75) is 19.6 Å². The van der Waals surface area contributed by atoms with Crippen LogP contribution in [0.15, 0.2) is 96.3 Å². The summed E-state index contributed by atoms with van der Waals surface area (Å²) in [6, 6.07) is 23.8. The topological polar surface area (TPSA) is 79.3 Å². The number of benzene rings is 3. The lowest BCUT2D eigenvalue weighted by molar-refractivity contribution is -0.129. The highest BCUT2D eigenvalue weighted by atomic mass is 16.5. The SMILES string of the molecule is CCOc1cc(C2C(C(=O)/C=C/c3ccccc3)=C(O)C(=O)N2CCN(C)C)ccc1OCc1ccccc1. The standard InChI is InChI=1S/C32H34N2O5/c1-4-38-28-21-25(16-18-27(28)39-22-24-13-9-6-10-14-24)30-29(26(35)17-15-23-11-7-5-8-12-23)31(36)32(37)34(30)20-19-33(2)3/h5-18,21,30,36H,4,19-20,22H2,1-3H3/b17-15+. The predicted octanol–water partition coefficient (Wildman–Crippen LogP) is 5.20. The van der Waals surface area contributed by atoms with E-state index in [0.29, 0.717) is 43.4 Å². The molecule has 1 aliphatic heterocycles. The quantitative estimate of drug-likeness (QED) is 0.327. The van der Waals surface area contributed by atoms with Crippen molar-refractivity contribution in [3.05, 3.63) is 113 Å². The molecule has 0 fully saturated rings. The first kappa shape index (κ1) is 27.7. The van der Waals surface area contributed by atoms with Crippen molar-refractivity contribution in [2.75, 3.05) is 33.8 Å². The van der Waals surface area contributed by atoms with Crippen LogP contribution in [0.4, 0.5) is 0 Å². The molecule has 3 aromatic rings. The Morgan fingerprint density at radius 1 is 0.974 bits per heavy atom. The van der Waals surface area contributed by atoms with Crippen LogP contribution in [0.2, 0.25) is 0 Å². The Bertz CT molecular complexity index is 1350. The Hall–Kier alpha value is -4.36. The smallest absolute Gasteiger partial charge is 0.290 e. The van der Waals surface area contributed by atoms with Crippen LogP contribution in [0.1, 0.15) is 29.7 Å². The van der Waals surface area contributed by atoms with Crippen molar-refractivity contribution in [1.29, 1.82) is 0 Å². The lowest BCUT2D eigenvalue weighted by Crippen LogP contribution is -2.36. The Balaban J connectivity index is 1.68. The molecule has 1 heterocycles. The number of carbonyl (C=O) groups excluding carboxylic acids is 2. The third-order valence-electron chi connectivity index (χ3n) is 6.40. The van der Waals surface area contributed by atoms with Crippen LogP contribution in [-0.2, 0) is 16.2 Å². The fraction of sp³-hybridized carbons (Fsp3) is 0.250. The number of aliphatic hydroxyl groups excluding tert-OH is 1. The molecule has 1 atom stereocenters. The van der Waals surface area contributed by atoms with Crippen molar-refractivity contribution in [1.82, 2.24) is 9.80 Å². The summed E-state index contributed by atoms with van der Waals surface area (Å²) in [5, 5.41) is 10.9. The Kier molecular flexibility index (Phi) is 9.18. The van der Waals surface area contributed by atoms with Crippen LogP contribution < -0.4 is 9.47 Å². The Morgan fingerprint density at radius 2 is 1.67 bits per heavy atom. The molecule has 1 N–H and O–H groups in total. The predicted molar refractivity (Wildman–Crippen MR) is 152 cm³/mol. The van der Waals surface area contributed by atoms with Crippen LogP contribution in [0, 0.1) is 0 Å². The number of likely N-dealkylation sites (N-methyl/N-ethyl adjacent to an activating group) is 1. The van der Waals surface area contributed by atoms with Gasteiger partial charge in [0.25, 0.3) is 5.91 Å². The minimum Gasteiger partial charge on any atom is -0.503 e. The first-order chi connectivity index (χ1) is 18.9. The van der Waals surface area contributed by atoms with E-state index in [1.54, 1.807) is 18.2 Å². The fourth-order valence-electron chi connectivity index (χ4n) is 4.43. The van der Waals surface area contributed by atoms with Gasteiger partial charge in [-0.1, -0.05) is 72.8 Å². The van der Waals surface area contributed by atoms with E-state index in [4.69, 9.17) is 9.47 Å². The van der Waals surface area contributed by atoms with Gasteiger partial charge in [-0.15, -0.1) is 0 Å². The highest BCUT2D eigenvalue weighted by molar-refractivity contribution is 6.14. The van der Waals surface area contributed by atoms with Gasteiger partial charge in [-0.05, 0) is 55.9 Å². The number of rotatable bonds is 12. The number of allylic oxidation sites excluding steroid dienone is 1. The van der Waals surface area contributed by atoms with Gasteiger partial charge in [-0.25, -0.2) is 0 Å². The van der Waals surface area contributed by atoms with Crippen molar-refractivity contribution >= 4 is 17.8 Å². The molecule has 0 saturated heterocycles. The largest absolute Gasteiger partial charge is 0.503 e. The number of amides is 1. The molecule has 1 amide bonds. The number of aliphatic hydroxyl groups is 1. The molecule has 0 spiro atoms. The summed E-state index contributed by atoms with van der Waals surface area (Å²) in [6.07, 6.45) is 3.08. The van der Waals surface area contributed by atoms with E-state index < -0.39 is 23.5 Å². The van der Waals surface area contributed by atoms with Crippen molar-refractivity contribution in [3.63, 3.8) is 0 Å². The maximum absolute atomic E-state index is 13.4. The van der Waals surface area contributed by atoms with E-state index in [0.717, 1.165) is 11.1 Å². The van der Waals surface area contributed by atoms with Crippen LogP contribution >= 0.6 is 0 Å². The Morgan fingerprint density at radius 3 is 2.33 bits per heavy atom. The van der Waals surface area contributed by atoms with E-state index in [-0.39, 0.29) is 5.57 Å². The summed E-state index contributed by atoms with van der Waals surface area (Å²) in [6.45, 7) is 3.55. The van der Waals surface area contributed by atoms with E-state index in [2.05, 4.69) is 0 Å². The van der Waals surface area contributed by atoms with Crippen LogP contribution in [0.25, 0.3) is 6.08 Å². The number of carbonyl (C=O) groups is 2.